The monoisotopic (exact) mass is 845 g/mol. The molecule has 4 aliphatic rings. The number of rotatable bonds is 5. The molecule has 62 heavy (non-hydrogen) atoms. The molecule has 0 amide bonds. The number of benzene rings is 6. The van der Waals surface area contributed by atoms with E-state index in [4.69, 9.17) is 11.6 Å². The van der Waals surface area contributed by atoms with E-state index in [1.54, 1.807) is 11.6 Å². The summed E-state index contributed by atoms with van der Waals surface area (Å²) in [6.45, 7) is 18.9. The van der Waals surface area contributed by atoms with E-state index in [1.165, 1.54) is 70.3 Å². The van der Waals surface area contributed by atoms with Crippen LogP contribution in [0.1, 0.15) is 100 Å². The Hall–Kier alpha value is -5.67. The van der Waals surface area contributed by atoms with Crippen molar-refractivity contribution in [1.82, 2.24) is 0 Å². The molecule has 0 unspecified atom stereocenters. The van der Waals surface area contributed by atoms with Crippen LogP contribution in [0.2, 0.25) is 5.02 Å². The Morgan fingerprint density at radius 1 is 0.645 bits per heavy atom. The highest BCUT2D eigenvalue weighted by molar-refractivity contribution is 7.20. The zero-order chi connectivity index (χ0) is 43.3. The molecule has 0 N–H and O–H groups in total. The van der Waals surface area contributed by atoms with Gasteiger partial charge in [0.2, 0.25) is 0 Å². The van der Waals surface area contributed by atoms with Crippen molar-refractivity contribution in [3.05, 3.63) is 196 Å². The van der Waals surface area contributed by atoms with Crippen LogP contribution in [0.4, 0.5) is 17.1 Å². The van der Waals surface area contributed by atoms with Crippen molar-refractivity contribution in [2.75, 3.05) is 4.90 Å². The number of fused-ring (bicyclic) bond motifs is 9. The van der Waals surface area contributed by atoms with E-state index < -0.39 is 0 Å². The number of hydrogen-bond donors (Lipinski definition) is 0. The highest BCUT2D eigenvalue weighted by Gasteiger charge is 2.38. The molecular weight excluding hydrogens is 790 g/mol. The average molecular weight is 847 g/mol. The zero-order valence-corrected chi connectivity index (χ0v) is 38.8. The molecule has 0 saturated heterocycles. The average Bonchev–Trinajstić information content (AvgIpc) is 3.85. The Bertz CT molecular complexity index is 3030. The number of allylic oxidation sites excluding steroid dienone is 8. The van der Waals surface area contributed by atoms with E-state index in [1.807, 2.05) is 44.3 Å². The molecule has 0 atom stereocenters. The van der Waals surface area contributed by atoms with E-state index in [9.17, 15) is 0 Å². The first kappa shape index (κ1) is 41.7. The number of thiophene rings is 1. The zero-order valence-electron chi connectivity index (χ0n) is 37.2. The lowest BCUT2D eigenvalue weighted by Crippen LogP contribution is -2.18. The number of hydrogen-bond acceptors (Lipinski definition) is 2. The van der Waals surface area contributed by atoms with Crippen molar-refractivity contribution in [2.24, 2.45) is 0 Å². The van der Waals surface area contributed by atoms with Gasteiger partial charge in [0, 0.05) is 42.5 Å². The molecule has 0 radical (unpaired) electrons. The second-order valence-electron chi connectivity index (χ2n) is 17.7. The second-order valence-corrected chi connectivity index (χ2v) is 19.2. The van der Waals surface area contributed by atoms with Crippen LogP contribution in [0.15, 0.2) is 158 Å². The van der Waals surface area contributed by atoms with Crippen LogP contribution in [0.25, 0.3) is 54.8 Å². The molecule has 0 aliphatic heterocycles. The summed E-state index contributed by atoms with van der Waals surface area (Å²) in [5.41, 5.74) is 18.3. The molecule has 310 valence electrons. The summed E-state index contributed by atoms with van der Waals surface area (Å²) in [5, 5.41) is 4.60. The van der Waals surface area contributed by atoms with E-state index in [-0.39, 0.29) is 10.8 Å². The van der Waals surface area contributed by atoms with E-state index in [0.29, 0.717) is 0 Å². The van der Waals surface area contributed by atoms with E-state index in [0.717, 1.165) is 58.9 Å². The van der Waals surface area contributed by atoms with Gasteiger partial charge in [-0.1, -0.05) is 144 Å². The summed E-state index contributed by atoms with van der Waals surface area (Å²) in [6, 6.07) is 41.4. The Morgan fingerprint density at radius 2 is 1.40 bits per heavy atom. The van der Waals surface area contributed by atoms with Crippen LogP contribution in [0.5, 0.6) is 0 Å². The lowest BCUT2D eigenvalue weighted by atomic mass is 9.78. The fraction of sp³-hybridized carbons (Fsp3) is 0.220. The fourth-order valence-corrected chi connectivity index (χ4v) is 11.7. The lowest BCUT2D eigenvalue weighted by molar-refractivity contribution is 0.607. The van der Waals surface area contributed by atoms with Gasteiger partial charge < -0.3 is 4.90 Å². The number of anilines is 3. The summed E-state index contributed by atoms with van der Waals surface area (Å²) >= 11 is 9.06. The minimum atomic E-state index is -0.0474. The van der Waals surface area contributed by atoms with Gasteiger partial charge in [-0.2, -0.15) is 0 Å². The quantitative estimate of drug-likeness (QED) is 0.156. The smallest absolute Gasteiger partial charge is 0.0482 e. The van der Waals surface area contributed by atoms with Crippen molar-refractivity contribution >= 4 is 72.5 Å². The Labute approximate surface area is 378 Å². The summed E-state index contributed by atoms with van der Waals surface area (Å²) in [4.78, 5) is 3.83. The number of aryl methyl sites for hydroxylation is 1. The molecule has 0 spiro atoms. The van der Waals surface area contributed by atoms with Crippen molar-refractivity contribution in [3.8, 4) is 22.3 Å². The van der Waals surface area contributed by atoms with Crippen molar-refractivity contribution in [3.63, 3.8) is 0 Å². The molecule has 0 bridgehead atoms. The molecular formula is C59H56ClNS. The normalized spacial score (nSPS) is 15.9. The summed E-state index contributed by atoms with van der Waals surface area (Å²) in [6.07, 6.45) is 19.3. The Morgan fingerprint density at radius 3 is 2.21 bits per heavy atom. The third kappa shape index (κ3) is 7.02. The van der Waals surface area contributed by atoms with Gasteiger partial charge in [-0.15, -0.1) is 11.3 Å². The minimum absolute atomic E-state index is 0.0262. The molecule has 1 nitrogen and oxygen atoms in total. The van der Waals surface area contributed by atoms with Gasteiger partial charge >= 0.3 is 0 Å². The van der Waals surface area contributed by atoms with Gasteiger partial charge in [0.15, 0.2) is 0 Å². The molecule has 3 heteroatoms. The molecule has 11 rings (SSSR count). The van der Waals surface area contributed by atoms with Gasteiger partial charge in [-0.25, -0.2) is 0 Å². The largest absolute Gasteiger partial charge is 0.310 e. The predicted molar refractivity (Wildman–Crippen MR) is 274 cm³/mol. The van der Waals surface area contributed by atoms with Crippen LogP contribution in [-0.2, 0) is 17.3 Å². The topological polar surface area (TPSA) is 3.24 Å². The first-order valence-electron chi connectivity index (χ1n) is 22.4. The molecule has 1 heterocycles. The summed E-state index contributed by atoms with van der Waals surface area (Å²) in [5.74, 6) is 0. The van der Waals surface area contributed by atoms with Crippen LogP contribution in [-0.4, -0.2) is 0 Å². The van der Waals surface area contributed by atoms with Gasteiger partial charge in [0.05, 0.1) is 0 Å². The van der Waals surface area contributed by atoms with Crippen molar-refractivity contribution in [2.45, 2.75) is 85.0 Å². The molecule has 6 aromatic carbocycles. The Balaban J connectivity index is 0.000000656. The maximum atomic E-state index is 7.15. The van der Waals surface area contributed by atoms with Crippen molar-refractivity contribution < 1.29 is 0 Å². The molecule has 1 aromatic heterocycles. The lowest BCUT2D eigenvalue weighted by Gasteiger charge is -2.28. The highest BCUT2D eigenvalue weighted by atomic mass is 35.5. The standard InChI is InChI=1S/C52H42ClNS.C5H8.C2H6/c1-51(2)45-14-8-6-12-40(45)43-29-36(19-21-47(43)51)54(37-20-22-50-44(30-37)41-13-7-10-16-49(41)55-50)38-25-34(24-35(53)28-38)31-17-18-32-26-42-39-11-5-9-15-46(39)52(3,4)48(42)27-33(32)23-31;1-3-5-4-2;1-2/h5-6,9-12,15-30H,7-8,13-14H2,1-4H3;3-5H,1H2,2H3;1-2H3/b;5-4-;. The van der Waals surface area contributed by atoms with Crippen LogP contribution >= 0.6 is 22.9 Å². The molecule has 4 aliphatic carbocycles. The fourth-order valence-electron chi connectivity index (χ4n) is 10.4. The van der Waals surface area contributed by atoms with Crippen LogP contribution < -0.4 is 4.90 Å². The van der Waals surface area contributed by atoms with Crippen LogP contribution in [0, 0.1) is 0 Å². The summed E-state index contributed by atoms with van der Waals surface area (Å²) < 4.78 is 1.35. The number of halogens is 1. The predicted octanol–water partition coefficient (Wildman–Crippen LogP) is 18.3. The van der Waals surface area contributed by atoms with Gasteiger partial charge in [-0.3, -0.25) is 0 Å². The number of nitrogens with zero attached hydrogens (tertiary/aromatic N) is 1. The first-order valence-corrected chi connectivity index (χ1v) is 23.6. The third-order valence-corrected chi connectivity index (χ3v) is 14.8. The van der Waals surface area contributed by atoms with Crippen LogP contribution in [0.3, 0.4) is 0 Å². The van der Waals surface area contributed by atoms with Gasteiger partial charge in [0.25, 0.3) is 0 Å². The second kappa shape index (κ2) is 16.6. The molecule has 7 aromatic rings. The maximum Gasteiger partial charge on any atom is 0.0482 e. The van der Waals surface area contributed by atoms with Crippen molar-refractivity contribution in [1.29, 1.82) is 0 Å². The third-order valence-electron chi connectivity index (χ3n) is 13.4. The van der Waals surface area contributed by atoms with Gasteiger partial charge in [0.1, 0.15) is 0 Å². The maximum absolute atomic E-state index is 7.15. The molecule has 0 saturated carbocycles. The van der Waals surface area contributed by atoms with E-state index in [2.05, 4.69) is 173 Å². The Kier molecular flexibility index (Phi) is 11.1. The van der Waals surface area contributed by atoms with Gasteiger partial charge in [-0.05, 0) is 177 Å². The first-order chi connectivity index (χ1) is 30.1. The molecule has 0 fully saturated rings. The van der Waals surface area contributed by atoms with E-state index >= 15 is 0 Å². The SMILES string of the molecule is C=C/C=C\C.CC.CC1(C)C2=C(C=CCC2)c2cc(N(c3cc(Cl)cc(-c4ccc5cc6c(cc5c4)C(C)(C)c4ccccc4-6)c3)c3ccc4sc5c(c4c3)CCC=C5)ccc21. The summed E-state index contributed by atoms with van der Waals surface area (Å²) in [7, 11) is 0. The highest BCUT2D eigenvalue weighted by Crippen LogP contribution is 2.53. The minimum Gasteiger partial charge on any atom is -0.310 e.